The molecule has 0 aliphatic carbocycles. The number of carbonyl (C=O) groups is 1. The lowest BCUT2D eigenvalue weighted by Crippen LogP contribution is -2.28. The van der Waals surface area contributed by atoms with Gasteiger partial charge in [-0.15, -0.1) is 0 Å². The van der Waals surface area contributed by atoms with Crippen molar-refractivity contribution >= 4 is 12.1 Å². The van der Waals surface area contributed by atoms with Gasteiger partial charge < -0.3 is 0 Å². The van der Waals surface area contributed by atoms with Gasteiger partial charge in [-0.1, -0.05) is 30.3 Å². The topological polar surface area (TPSA) is 120 Å². The van der Waals surface area contributed by atoms with Gasteiger partial charge in [-0.05, 0) is 5.56 Å². The van der Waals surface area contributed by atoms with Gasteiger partial charge in [0.2, 0.25) is 5.91 Å². The molecule has 2 aromatic rings. The summed E-state index contributed by atoms with van der Waals surface area (Å²) in [6.45, 7) is 0. The van der Waals surface area contributed by atoms with Gasteiger partial charge in [0, 0.05) is 12.8 Å². The number of amides is 1. The standard InChI is InChI=1S/C13H13N5O3/c19-11(17-14-8-9-4-2-1-3-5-9)7-6-10-12(20)15-13(21)18-16-10/h1-5,8H,6-7H2,(H,17,19)(H2,15,18,20,21)/b14-8+. The highest BCUT2D eigenvalue weighted by molar-refractivity contribution is 5.82. The van der Waals surface area contributed by atoms with Crippen LogP contribution in [0.1, 0.15) is 17.7 Å². The lowest BCUT2D eigenvalue weighted by Gasteiger charge is -1.99. The summed E-state index contributed by atoms with van der Waals surface area (Å²) in [7, 11) is 0. The number of aromatic nitrogens is 3. The number of H-pyrrole nitrogens is 2. The van der Waals surface area contributed by atoms with Crippen LogP contribution < -0.4 is 16.7 Å². The van der Waals surface area contributed by atoms with Gasteiger partial charge in [0.1, 0.15) is 5.69 Å². The molecule has 1 amide bonds. The lowest BCUT2D eigenvalue weighted by molar-refractivity contribution is -0.121. The highest BCUT2D eigenvalue weighted by Gasteiger charge is 2.06. The first-order valence-electron chi connectivity index (χ1n) is 6.20. The van der Waals surface area contributed by atoms with Crippen LogP contribution in [0.2, 0.25) is 0 Å². The number of benzene rings is 1. The Labute approximate surface area is 118 Å². The van der Waals surface area contributed by atoms with Crippen LogP contribution in [-0.2, 0) is 11.2 Å². The fourth-order valence-corrected chi connectivity index (χ4v) is 1.55. The number of nitrogens with one attached hydrogen (secondary N) is 3. The minimum absolute atomic E-state index is 0.0360. The van der Waals surface area contributed by atoms with E-state index in [9.17, 15) is 14.4 Å². The molecule has 0 atom stereocenters. The number of nitrogens with zero attached hydrogens (tertiary/aromatic N) is 2. The third-order valence-electron chi connectivity index (χ3n) is 2.57. The van der Waals surface area contributed by atoms with Crippen LogP contribution in [0.4, 0.5) is 0 Å². The Morgan fingerprint density at radius 2 is 2.05 bits per heavy atom. The molecule has 0 radical (unpaired) electrons. The predicted molar refractivity (Wildman–Crippen MR) is 76.0 cm³/mol. The van der Waals surface area contributed by atoms with E-state index in [2.05, 4.69) is 20.7 Å². The van der Waals surface area contributed by atoms with Crippen LogP contribution in [0.15, 0.2) is 45.0 Å². The molecular formula is C13H13N5O3. The molecule has 1 heterocycles. The number of hydrogen-bond donors (Lipinski definition) is 3. The Bertz CT molecular complexity index is 748. The van der Waals surface area contributed by atoms with E-state index in [1.807, 2.05) is 35.3 Å². The van der Waals surface area contributed by atoms with Gasteiger partial charge in [0.15, 0.2) is 0 Å². The number of carbonyl (C=O) groups excluding carboxylic acids is 1. The Hall–Kier alpha value is -3.03. The smallest absolute Gasteiger partial charge is 0.273 e. The van der Waals surface area contributed by atoms with Crippen molar-refractivity contribution < 1.29 is 4.79 Å². The number of aromatic amines is 2. The van der Waals surface area contributed by atoms with Crippen molar-refractivity contribution in [2.45, 2.75) is 12.8 Å². The van der Waals surface area contributed by atoms with E-state index in [0.29, 0.717) is 0 Å². The minimum atomic E-state index is -0.680. The summed E-state index contributed by atoms with van der Waals surface area (Å²) in [6, 6.07) is 9.29. The summed E-state index contributed by atoms with van der Waals surface area (Å²) >= 11 is 0. The van der Waals surface area contributed by atoms with Gasteiger partial charge in [0.05, 0.1) is 6.21 Å². The van der Waals surface area contributed by atoms with Crippen LogP contribution in [0, 0.1) is 0 Å². The molecule has 0 saturated carbocycles. The number of hydrogen-bond acceptors (Lipinski definition) is 5. The second-order valence-corrected chi connectivity index (χ2v) is 4.16. The van der Waals surface area contributed by atoms with Crippen LogP contribution in [0.5, 0.6) is 0 Å². The van der Waals surface area contributed by atoms with Crippen LogP contribution >= 0.6 is 0 Å². The third kappa shape index (κ3) is 4.53. The summed E-state index contributed by atoms with van der Waals surface area (Å²) < 4.78 is 0. The van der Waals surface area contributed by atoms with Crippen molar-refractivity contribution in [1.82, 2.24) is 20.6 Å². The maximum Gasteiger partial charge on any atom is 0.342 e. The Balaban J connectivity index is 1.84. The van der Waals surface area contributed by atoms with Crippen LogP contribution in [0.3, 0.4) is 0 Å². The van der Waals surface area contributed by atoms with Crippen molar-refractivity contribution in [3.63, 3.8) is 0 Å². The van der Waals surface area contributed by atoms with Crippen molar-refractivity contribution in [3.8, 4) is 0 Å². The molecule has 0 unspecified atom stereocenters. The molecule has 21 heavy (non-hydrogen) atoms. The van der Waals surface area contributed by atoms with Gasteiger partial charge in [-0.25, -0.2) is 15.3 Å². The molecule has 0 saturated heterocycles. The summed E-state index contributed by atoms with van der Waals surface area (Å²) in [5, 5.41) is 9.49. The first-order chi connectivity index (χ1) is 10.1. The molecule has 2 rings (SSSR count). The maximum atomic E-state index is 11.5. The molecule has 108 valence electrons. The monoisotopic (exact) mass is 287 g/mol. The van der Waals surface area contributed by atoms with Crippen molar-refractivity contribution in [1.29, 1.82) is 0 Å². The summed E-state index contributed by atoms with van der Waals surface area (Å²) in [5.74, 6) is -0.352. The summed E-state index contributed by atoms with van der Waals surface area (Å²) in [4.78, 5) is 35.7. The van der Waals surface area contributed by atoms with Gasteiger partial charge >= 0.3 is 5.69 Å². The highest BCUT2D eigenvalue weighted by atomic mass is 16.2. The van der Waals surface area contributed by atoms with E-state index in [1.54, 1.807) is 0 Å². The molecule has 8 heteroatoms. The molecule has 0 spiro atoms. The molecule has 1 aromatic carbocycles. The first kappa shape index (κ1) is 14.4. The quantitative estimate of drug-likeness (QED) is 0.509. The number of rotatable bonds is 5. The fourth-order valence-electron chi connectivity index (χ4n) is 1.55. The molecule has 0 aliphatic rings. The molecule has 1 aromatic heterocycles. The van der Waals surface area contributed by atoms with E-state index in [-0.39, 0.29) is 24.4 Å². The van der Waals surface area contributed by atoms with E-state index in [4.69, 9.17) is 0 Å². The molecule has 8 nitrogen and oxygen atoms in total. The zero-order valence-electron chi connectivity index (χ0n) is 11.0. The molecule has 0 bridgehead atoms. The second-order valence-electron chi connectivity index (χ2n) is 4.16. The lowest BCUT2D eigenvalue weighted by atomic mass is 10.2. The third-order valence-corrected chi connectivity index (χ3v) is 2.57. The van der Waals surface area contributed by atoms with Crippen LogP contribution in [-0.4, -0.2) is 27.3 Å². The zero-order valence-corrected chi connectivity index (χ0v) is 11.0. The molecule has 3 N–H and O–H groups in total. The van der Waals surface area contributed by atoms with Gasteiger partial charge in [-0.2, -0.15) is 10.2 Å². The number of hydrazone groups is 1. The predicted octanol–water partition coefficient (Wildman–Crippen LogP) is -0.459. The number of aryl methyl sites for hydroxylation is 1. The van der Waals surface area contributed by atoms with Crippen LogP contribution in [0.25, 0.3) is 0 Å². The van der Waals surface area contributed by atoms with Gasteiger partial charge in [0.25, 0.3) is 5.56 Å². The maximum absolute atomic E-state index is 11.5. The van der Waals surface area contributed by atoms with E-state index in [1.165, 1.54) is 6.21 Å². The summed E-state index contributed by atoms with van der Waals surface area (Å²) in [5.41, 5.74) is 2.03. The SMILES string of the molecule is O=C(CCc1n[nH]c(=O)[nH]c1=O)N/N=C/c1ccccc1. The van der Waals surface area contributed by atoms with Crippen molar-refractivity contribution in [2.75, 3.05) is 0 Å². The summed E-state index contributed by atoms with van der Waals surface area (Å²) in [6.07, 6.45) is 1.66. The molecule has 0 fully saturated rings. The van der Waals surface area contributed by atoms with E-state index >= 15 is 0 Å². The average molecular weight is 287 g/mol. The Kier molecular flexibility index (Phi) is 4.75. The molecule has 0 aliphatic heterocycles. The highest BCUT2D eigenvalue weighted by Crippen LogP contribution is 1.94. The van der Waals surface area contributed by atoms with Crippen molar-refractivity contribution in [2.24, 2.45) is 5.10 Å². The van der Waals surface area contributed by atoms with Gasteiger partial charge in [-0.3, -0.25) is 14.6 Å². The Morgan fingerprint density at radius 3 is 2.76 bits per heavy atom. The zero-order chi connectivity index (χ0) is 15.1. The second kappa shape index (κ2) is 6.94. The van der Waals surface area contributed by atoms with Crippen molar-refractivity contribution in [3.05, 3.63) is 62.4 Å². The molecular weight excluding hydrogens is 274 g/mol. The normalized spacial score (nSPS) is 10.7. The first-order valence-corrected chi connectivity index (χ1v) is 6.20. The minimum Gasteiger partial charge on any atom is -0.273 e. The van der Waals surface area contributed by atoms with E-state index in [0.717, 1.165) is 5.56 Å². The fraction of sp³-hybridized carbons (Fsp3) is 0.154. The van der Waals surface area contributed by atoms with E-state index < -0.39 is 11.2 Å². The Morgan fingerprint density at radius 1 is 1.29 bits per heavy atom. The largest absolute Gasteiger partial charge is 0.342 e. The average Bonchev–Trinajstić information content (AvgIpc) is 2.47.